The molecular formula is C21H27FN4O6. The number of aliphatic hydroxyl groups is 2. The van der Waals surface area contributed by atoms with E-state index in [9.17, 15) is 19.1 Å². The van der Waals surface area contributed by atoms with Crippen molar-refractivity contribution in [3.05, 3.63) is 35.8 Å². The Morgan fingerprint density at radius 2 is 2.12 bits per heavy atom. The minimum Gasteiger partial charge on any atom is -0.442 e. The second kappa shape index (κ2) is 9.31. The summed E-state index contributed by atoms with van der Waals surface area (Å²) >= 11 is 0. The van der Waals surface area contributed by atoms with Crippen LogP contribution in [0.5, 0.6) is 0 Å². The summed E-state index contributed by atoms with van der Waals surface area (Å²) in [6.45, 7) is 2.82. The Bertz CT molecular complexity index is 898. The number of amides is 2. The van der Waals surface area contributed by atoms with Gasteiger partial charge < -0.3 is 25.2 Å². The highest BCUT2D eigenvalue weighted by molar-refractivity contribution is 5.90. The maximum atomic E-state index is 14.9. The topological polar surface area (TPSA) is 124 Å². The van der Waals surface area contributed by atoms with Crippen molar-refractivity contribution in [2.24, 2.45) is 11.8 Å². The number of aliphatic hydroxyl groups excluding tert-OH is 2. The molecule has 32 heavy (non-hydrogen) atoms. The van der Waals surface area contributed by atoms with Crippen LogP contribution in [0.4, 0.5) is 20.6 Å². The Morgan fingerprint density at radius 3 is 2.78 bits per heavy atom. The highest BCUT2D eigenvalue weighted by Gasteiger charge is 2.51. The van der Waals surface area contributed by atoms with E-state index in [1.54, 1.807) is 18.3 Å². The summed E-state index contributed by atoms with van der Waals surface area (Å²) < 4.78 is 20.1. The lowest BCUT2D eigenvalue weighted by Crippen LogP contribution is -2.33. The van der Waals surface area contributed by atoms with Gasteiger partial charge in [0.25, 0.3) is 0 Å². The summed E-state index contributed by atoms with van der Waals surface area (Å²) in [5, 5.41) is 20.6. The van der Waals surface area contributed by atoms with Gasteiger partial charge in [-0.25, -0.2) is 9.18 Å². The van der Waals surface area contributed by atoms with Crippen LogP contribution in [0.1, 0.15) is 6.92 Å². The molecule has 174 valence electrons. The molecule has 1 aliphatic carbocycles. The van der Waals surface area contributed by atoms with Crippen LogP contribution in [-0.2, 0) is 14.4 Å². The number of carbonyl (C=O) groups excluding carboxylic acids is 2. The van der Waals surface area contributed by atoms with Crippen molar-refractivity contribution in [1.29, 1.82) is 0 Å². The molecule has 10 nitrogen and oxygen atoms in total. The third-order valence-corrected chi connectivity index (χ3v) is 5.90. The van der Waals surface area contributed by atoms with Crippen LogP contribution >= 0.6 is 0 Å². The van der Waals surface area contributed by atoms with Gasteiger partial charge in [0.1, 0.15) is 24.6 Å². The van der Waals surface area contributed by atoms with E-state index < -0.39 is 24.1 Å². The zero-order valence-electron chi connectivity index (χ0n) is 17.7. The summed E-state index contributed by atoms with van der Waals surface area (Å²) in [5.41, 5.74) is 4.75. The van der Waals surface area contributed by atoms with Crippen LogP contribution in [-0.4, -0.2) is 73.8 Å². The van der Waals surface area contributed by atoms with Crippen molar-refractivity contribution in [2.75, 3.05) is 49.2 Å². The number of cyclic esters (lactones) is 1. The molecule has 2 saturated heterocycles. The molecule has 4 atom stereocenters. The number of ether oxygens (including phenoxy) is 1. The number of carbonyl (C=O) groups is 2. The average molecular weight is 450 g/mol. The molecule has 0 bridgehead atoms. The number of nitrogens with one attached hydrogen (secondary N) is 2. The third-order valence-electron chi connectivity index (χ3n) is 5.90. The van der Waals surface area contributed by atoms with Crippen molar-refractivity contribution in [2.45, 2.75) is 19.1 Å². The quantitative estimate of drug-likeness (QED) is 0.309. The van der Waals surface area contributed by atoms with Gasteiger partial charge >= 0.3 is 6.09 Å². The van der Waals surface area contributed by atoms with Gasteiger partial charge in [-0.2, -0.15) is 0 Å². The van der Waals surface area contributed by atoms with Crippen molar-refractivity contribution < 1.29 is 33.8 Å². The van der Waals surface area contributed by atoms with Crippen molar-refractivity contribution in [3.63, 3.8) is 0 Å². The van der Waals surface area contributed by atoms with E-state index in [1.807, 2.05) is 4.90 Å². The Hall–Kier alpha value is -2.89. The standard InChI is InChI=1S/C21H27FN4O6/c1-12(28)23-5-15-7-26(21(30)32-15)13-2-3-20(19(22)4-13)25-8-17-16(18(17)9-25)6-24-31-11-14(29)10-27/h2-4,6,14-15,17-18,24,27,29H,5,7-11H2,1H3,(H,23,28)/t14?,15-,17-,18+/m0/s1. The van der Waals surface area contributed by atoms with E-state index >= 15 is 0 Å². The summed E-state index contributed by atoms with van der Waals surface area (Å²) in [5.74, 6) is 0.0133. The zero-order valence-corrected chi connectivity index (χ0v) is 17.7. The molecule has 1 saturated carbocycles. The predicted molar refractivity (Wildman–Crippen MR) is 112 cm³/mol. The predicted octanol–water partition coefficient (Wildman–Crippen LogP) is 0.111. The average Bonchev–Trinajstić information content (AvgIpc) is 3.08. The summed E-state index contributed by atoms with van der Waals surface area (Å²) in [7, 11) is 0. The largest absolute Gasteiger partial charge is 0.442 e. The van der Waals surface area contributed by atoms with Crippen LogP contribution in [0.25, 0.3) is 0 Å². The third kappa shape index (κ3) is 4.79. The first-order valence-electron chi connectivity index (χ1n) is 10.5. The van der Waals surface area contributed by atoms with E-state index in [-0.39, 0.29) is 32.2 Å². The Balaban J connectivity index is 1.30. The molecule has 2 heterocycles. The summed E-state index contributed by atoms with van der Waals surface area (Å²) in [4.78, 5) is 31.6. The number of rotatable bonds is 9. The van der Waals surface area contributed by atoms with Crippen LogP contribution in [0.2, 0.25) is 0 Å². The smallest absolute Gasteiger partial charge is 0.414 e. The van der Waals surface area contributed by atoms with Gasteiger partial charge in [0.15, 0.2) is 0 Å². The van der Waals surface area contributed by atoms with Gasteiger partial charge in [0, 0.05) is 38.0 Å². The van der Waals surface area contributed by atoms with Gasteiger partial charge in [-0.1, -0.05) is 0 Å². The van der Waals surface area contributed by atoms with Gasteiger partial charge in [0.05, 0.1) is 31.1 Å². The van der Waals surface area contributed by atoms with Crippen LogP contribution in [0.15, 0.2) is 30.0 Å². The van der Waals surface area contributed by atoms with Crippen molar-refractivity contribution >= 4 is 23.4 Å². The normalized spacial score (nSPS) is 26.2. The molecular weight excluding hydrogens is 423 g/mol. The molecule has 1 unspecified atom stereocenters. The maximum Gasteiger partial charge on any atom is 0.414 e. The molecule has 2 aliphatic heterocycles. The maximum absolute atomic E-state index is 14.9. The lowest BCUT2D eigenvalue weighted by Gasteiger charge is -2.22. The molecule has 2 amide bonds. The van der Waals surface area contributed by atoms with E-state index in [4.69, 9.17) is 14.7 Å². The highest BCUT2D eigenvalue weighted by Crippen LogP contribution is 2.52. The monoisotopic (exact) mass is 450 g/mol. The highest BCUT2D eigenvalue weighted by atomic mass is 19.1. The number of hydrogen-bond donors (Lipinski definition) is 4. The second-order valence-corrected chi connectivity index (χ2v) is 8.22. The molecule has 3 fully saturated rings. The minimum absolute atomic E-state index is 0.0160. The van der Waals surface area contributed by atoms with Crippen molar-refractivity contribution in [1.82, 2.24) is 10.8 Å². The number of anilines is 2. The van der Waals surface area contributed by atoms with Crippen LogP contribution in [0, 0.1) is 17.7 Å². The fraction of sp³-hybridized carbons (Fsp3) is 0.524. The van der Waals surface area contributed by atoms with E-state index in [1.165, 1.54) is 23.5 Å². The number of benzene rings is 1. The number of halogens is 1. The number of hydrogen-bond acceptors (Lipinski definition) is 8. The molecule has 11 heteroatoms. The van der Waals surface area contributed by atoms with Gasteiger partial charge in [-0.05, 0) is 23.8 Å². The number of piperidine rings is 1. The first kappa shape index (κ1) is 22.3. The van der Waals surface area contributed by atoms with E-state index in [2.05, 4.69) is 10.8 Å². The number of hydroxylamine groups is 1. The van der Waals surface area contributed by atoms with Crippen LogP contribution < -0.4 is 20.6 Å². The van der Waals surface area contributed by atoms with E-state index in [0.29, 0.717) is 36.3 Å². The Kier molecular flexibility index (Phi) is 6.49. The molecule has 4 rings (SSSR count). The Morgan fingerprint density at radius 1 is 1.38 bits per heavy atom. The molecule has 1 aromatic rings. The lowest BCUT2D eigenvalue weighted by molar-refractivity contribution is -0.119. The van der Waals surface area contributed by atoms with Gasteiger partial charge in [-0.3, -0.25) is 20.0 Å². The Labute approximate surface area is 184 Å². The summed E-state index contributed by atoms with van der Waals surface area (Å²) in [6.07, 6.45) is -0.209. The molecule has 1 aromatic carbocycles. The second-order valence-electron chi connectivity index (χ2n) is 8.22. The molecule has 0 spiro atoms. The van der Waals surface area contributed by atoms with E-state index in [0.717, 1.165) is 0 Å². The fourth-order valence-corrected chi connectivity index (χ4v) is 4.15. The molecule has 4 N–H and O–H groups in total. The van der Waals surface area contributed by atoms with Gasteiger partial charge in [-0.15, -0.1) is 0 Å². The van der Waals surface area contributed by atoms with Gasteiger partial charge in [0.2, 0.25) is 5.91 Å². The zero-order chi connectivity index (χ0) is 22.8. The molecule has 0 aromatic heterocycles. The van der Waals surface area contributed by atoms with Crippen LogP contribution in [0.3, 0.4) is 0 Å². The molecule has 3 aliphatic rings. The minimum atomic E-state index is -0.924. The SMILES string of the molecule is CC(=O)NC[C@H]1CN(c2ccc(N3C[C@@H]4C(=CNOCC(O)CO)[C@@H]4C3)c(F)c2)C(=O)O1. The summed E-state index contributed by atoms with van der Waals surface area (Å²) in [6, 6.07) is 4.70. The fourth-order valence-electron chi connectivity index (χ4n) is 4.15. The first-order chi connectivity index (χ1) is 15.4. The number of nitrogens with zero attached hydrogens (tertiary/aromatic N) is 2. The lowest BCUT2D eigenvalue weighted by atomic mass is 10.2. The number of fused-ring (bicyclic) bond motifs is 1. The van der Waals surface area contributed by atoms with Crippen molar-refractivity contribution in [3.8, 4) is 0 Å². The first-order valence-corrected chi connectivity index (χ1v) is 10.5. The molecule has 0 radical (unpaired) electrons.